The molecule has 2 fully saturated rings. The largest absolute Gasteiger partial charge is 0.368 e. The highest BCUT2D eigenvalue weighted by Gasteiger charge is 2.21. The van der Waals surface area contributed by atoms with Crippen LogP contribution in [0, 0.1) is 0 Å². The molecule has 8 nitrogen and oxygen atoms in total. The number of aromatic amines is 2. The molecule has 0 saturated carbocycles. The molecule has 0 radical (unpaired) electrons. The van der Waals surface area contributed by atoms with Crippen molar-refractivity contribution in [2.75, 3.05) is 51.2 Å². The van der Waals surface area contributed by atoms with Crippen LogP contribution in [0.3, 0.4) is 0 Å². The lowest BCUT2D eigenvalue weighted by Gasteiger charge is -2.34. The number of rotatable bonds is 3. The molecule has 2 saturated heterocycles. The first-order valence-corrected chi connectivity index (χ1v) is 11.2. The van der Waals surface area contributed by atoms with Crippen LogP contribution in [0.1, 0.15) is 24.3 Å². The van der Waals surface area contributed by atoms with E-state index in [2.05, 4.69) is 65.5 Å². The SMILES string of the molecule is CN1CCN(c2ccnc3[nH]c(-c4[nH]nc5ncc(C6CCNCC6)cc45)cc23)CC1. The number of hydrogen-bond acceptors (Lipinski definition) is 6. The van der Waals surface area contributed by atoms with Gasteiger partial charge in [-0.05, 0) is 62.7 Å². The fraction of sp³-hybridized carbons (Fsp3) is 0.435. The van der Waals surface area contributed by atoms with Crippen LogP contribution in [-0.4, -0.2) is 76.4 Å². The monoisotopic (exact) mass is 416 g/mol. The lowest BCUT2D eigenvalue weighted by Crippen LogP contribution is -2.44. The van der Waals surface area contributed by atoms with Gasteiger partial charge >= 0.3 is 0 Å². The molecular weight excluding hydrogens is 388 g/mol. The van der Waals surface area contributed by atoms with E-state index >= 15 is 0 Å². The summed E-state index contributed by atoms with van der Waals surface area (Å²) in [5.41, 5.74) is 6.23. The molecule has 0 spiro atoms. The van der Waals surface area contributed by atoms with Gasteiger partial charge in [0.2, 0.25) is 0 Å². The number of likely N-dealkylation sites (N-methyl/N-ethyl adjacent to an activating group) is 1. The van der Waals surface area contributed by atoms with Gasteiger partial charge in [0, 0.05) is 55.0 Å². The molecule has 31 heavy (non-hydrogen) atoms. The van der Waals surface area contributed by atoms with Crippen LogP contribution >= 0.6 is 0 Å². The number of piperazine rings is 1. The van der Waals surface area contributed by atoms with E-state index in [1.165, 1.54) is 11.3 Å². The van der Waals surface area contributed by atoms with Crippen LogP contribution in [0.2, 0.25) is 0 Å². The second kappa shape index (κ2) is 7.62. The Morgan fingerprint density at radius 2 is 1.84 bits per heavy atom. The Morgan fingerprint density at radius 3 is 2.68 bits per heavy atom. The minimum atomic E-state index is 0.564. The Hall–Kier alpha value is -2.97. The van der Waals surface area contributed by atoms with E-state index in [1.807, 2.05) is 12.4 Å². The number of H-pyrrole nitrogens is 2. The summed E-state index contributed by atoms with van der Waals surface area (Å²) in [4.78, 5) is 17.6. The number of fused-ring (bicyclic) bond motifs is 2. The zero-order valence-corrected chi connectivity index (χ0v) is 17.9. The molecule has 0 aromatic carbocycles. The second-order valence-electron chi connectivity index (χ2n) is 8.83. The summed E-state index contributed by atoms with van der Waals surface area (Å²) in [5, 5.41) is 13.4. The lowest BCUT2D eigenvalue weighted by atomic mass is 9.91. The molecule has 6 heterocycles. The van der Waals surface area contributed by atoms with Crippen molar-refractivity contribution in [1.29, 1.82) is 0 Å². The first kappa shape index (κ1) is 18.8. The number of hydrogen-bond donors (Lipinski definition) is 3. The van der Waals surface area contributed by atoms with Crippen molar-refractivity contribution >= 4 is 27.8 Å². The second-order valence-corrected chi connectivity index (χ2v) is 8.83. The third-order valence-corrected chi connectivity index (χ3v) is 6.86. The molecule has 0 atom stereocenters. The normalized spacial score (nSPS) is 18.9. The molecule has 2 aliphatic rings. The van der Waals surface area contributed by atoms with Crippen molar-refractivity contribution in [2.45, 2.75) is 18.8 Å². The molecule has 3 N–H and O–H groups in total. The van der Waals surface area contributed by atoms with E-state index in [0.29, 0.717) is 5.92 Å². The maximum Gasteiger partial charge on any atom is 0.181 e. The van der Waals surface area contributed by atoms with Gasteiger partial charge in [-0.15, -0.1) is 0 Å². The molecule has 4 aromatic heterocycles. The van der Waals surface area contributed by atoms with Gasteiger partial charge < -0.3 is 20.1 Å². The zero-order valence-electron chi connectivity index (χ0n) is 17.9. The van der Waals surface area contributed by atoms with Crippen molar-refractivity contribution in [1.82, 2.24) is 35.4 Å². The predicted octanol–water partition coefficient (Wildman–Crippen LogP) is 2.72. The van der Waals surface area contributed by atoms with Gasteiger partial charge in [0.05, 0.1) is 11.4 Å². The summed E-state index contributed by atoms with van der Waals surface area (Å²) < 4.78 is 0. The molecule has 0 bridgehead atoms. The number of pyridine rings is 2. The maximum absolute atomic E-state index is 4.65. The van der Waals surface area contributed by atoms with Crippen LogP contribution in [0.25, 0.3) is 33.5 Å². The molecule has 2 aliphatic heterocycles. The highest BCUT2D eigenvalue weighted by molar-refractivity contribution is 5.97. The summed E-state index contributed by atoms with van der Waals surface area (Å²) >= 11 is 0. The van der Waals surface area contributed by atoms with E-state index in [9.17, 15) is 0 Å². The number of nitrogens with one attached hydrogen (secondary N) is 3. The van der Waals surface area contributed by atoms with Crippen LogP contribution in [0.4, 0.5) is 5.69 Å². The molecule has 4 aromatic rings. The summed E-state index contributed by atoms with van der Waals surface area (Å²) in [7, 11) is 2.18. The summed E-state index contributed by atoms with van der Waals surface area (Å²) in [5.74, 6) is 0.564. The van der Waals surface area contributed by atoms with Crippen molar-refractivity contribution in [3.8, 4) is 11.4 Å². The molecule has 0 unspecified atom stereocenters. The highest BCUT2D eigenvalue weighted by Crippen LogP contribution is 2.34. The molecule has 8 heteroatoms. The van der Waals surface area contributed by atoms with Gasteiger partial charge in [-0.25, -0.2) is 9.97 Å². The Bertz CT molecular complexity index is 1210. The third kappa shape index (κ3) is 3.36. The fourth-order valence-corrected chi connectivity index (χ4v) is 4.97. The van der Waals surface area contributed by atoms with E-state index in [4.69, 9.17) is 0 Å². The fourth-order valence-electron chi connectivity index (χ4n) is 4.97. The van der Waals surface area contributed by atoms with Gasteiger partial charge in [-0.1, -0.05) is 0 Å². The van der Waals surface area contributed by atoms with Crippen molar-refractivity contribution in [3.63, 3.8) is 0 Å². The summed E-state index contributed by atoms with van der Waals surface area (Å²) in [6.07, 6.45) is 6.22. The van der Waals surface area contributed by atoms with E-state index in [0.717, 1.165) is 85.6 Å². The minimum absolute atomic E-state index is 0.564. The van der Waals surface area contributed by atoms with Gasteiger partial charge in [0.15, 0.2) is 5.65 Å². The molecule has 0 aliphatic carbocycles. The number of aromatic nitrogens is 5. The van der Waals surface area contributed by atoms with Crippen molar-refractivity contribution < 1.29 is 0 Å². The third-order valence-electron chi connectivity index (χ3n) is 6.86. The van der Waals surface area contributed by atoms with Crippen LogP contribution in [0.5, 0.6) is 0 Å². The Balaban J connectivity index is 1.40. The van der Waals surface area contributed by atoms with E-state index < -0.39 is 0 Å². The van der Waals surface area contributed by atoms with Gasteiger partial charge in [-0.3, -0.25) is 5.10 Å². The highest BCUT2D eigenvalue weighted by atomic mass is 15.2. The van der Waals surface area contributed by atoms with Crippen molar-refractivity contribution in [3.05, 3.63) is 36.2 Å². The van der Waals surface area contributed by atoms with Gasteiger partial charge in [-0.2, -0.15) is 5.10 Å². The Kier molecular flexibility index (Phi) is 4.61. The van der Waals surface area contributed by atoms with Crippen LogP contribution in [-0.2, 0) is 0 Å². The average molecular weight is 417 g/mol. The molecule has 0 amide bonds. The smallest absolute Gasteiger partial charge is 0.181 e. The summed E-state index contributed by atoms with van der Waals surface area (Å²) in [6.45, 7) is 6.38. The first-order valence-electron chi connectivity index (χ1n) is 11.2. The average Bonchev–Trinajstić information content (AvgIpc) is 3.43. The zero-order chi connectivity index (χ0) is 20.8. The maximum atomic E-state index is 4.65. The quantitative estimate of drug-likeness (QED) is 0.476. The Labute approximate surface area is 181 Å². The lowest BCUT2D eigenvalue weighted by molar-refractivity contribution is 0.313. The molecular formula is C23H28N8. The number of anilines is 1. The predicted molar refractivity (Wildman–Crippen MR) is 124 cm³/mol. The van der Waals surface area contributed by atoms with Crippen molar-refractivity contribution in [2.24, 2.45) is 0 Å². The standard InChI is InChI=1S/C23H28N8/c1-30-8-10-31(11-9-30)20-4-7-25-22-17(20)13-19(27-22)21-18-12-16(14-26-23(18)29-28-21)15-2-5-24-6-3-15/h4,7,12-15,24H,2-3,5-6,8-11H2,1H3,(H,25,27)(H,26,28,29). The number of piperidine rings is 1. The van der Waals surface area contributed by atoms with E-state index in [1.54, 1.807) is 0 Å². The topological polar surface area (TPSA) is 88.8 Å². The van der Waals surface area contributed by atoms with E-state index in [-0.39, 0.29) is 0 Å². The molecule has 160 valence electrons. The van der Waals surface area contributed by atoms with Crippen LogP contribution < -0.4 is 10.2 Å². The molecule has 6 rings (SSSR count). The van der Waals surface area contributed by atoms with Gasteiger partial charge in [0.25, 0.3) is 0 Å². The summed E-state index contributed by atoms with van der Waals surface area (Å²) in [6, 6.07) is 6.62. The first-order chi connectivity index (χ1) is 15.3. The Morgan fingerprint density at radius 1 is 1.00 bits per heavy atom. The van der Waals surface area contributed by atoms with Gasteiger partial charge in [0.1, 0.15) is 5.65 Å². The minimum Gasteiger partial charge on any atom is -0.368 e. The number of nitrogens with zero attached hydrogens (tertiary/aromatic N) is 5. The van der Waals surface area contributed by atoms with Crippen LogP contribution in [0.15, 0.2) is 30.6 Å².